The van der Waals surface area contributed by atoms with Crippen LogP contribution in [0.2, 0.25) is 0 Å². The van der Waals surface area contributed by atoms with Gasteiger partial charge in [0, 0.05) is 18.2 Å². The van der Waals surface area contributed by atoms with Gasteiger partial charge in [0.1, 0.15) is 23.2 Å². The highest BCUT2D eigenvalue weighted by Gasteiger charge is 2.27. The molecule has 0 unspecified atom stereocenters. The SMILES string of the molecule is CC(C)(C)NC(=O)[C@H](CCl)NC(=O)c1cc(C(=O)NCc2ccc3c(c2)NC(=O)CO3)nc2c(F)cnn12. The molecule has 4 rings (SSSR count). The van der Waals surface area contributed by atoms with Gasteiger partial charge in [0.25, 0.3) is 17.7 Å². The molecule has 0 saturated carbocycles. The van der Waals surface area contributed by atoms with Crippen molar-refractivity contribution in [1.82, 2.24) is 30.5 Å². The lowest BCUT2D eigenvalue weighted by Gasteiger charge is -2.24. The van der Waals surface area contributed by atoms with Gasteiger partial charge in [-0.1, -0.05) is 6.07 Å². The number of anilines is 1. The van der Waals surface area contributed by atoms with E-state index in [0.717, 1.165) is 16.8 Å². The lowest BCUT2D eigenvalue weighted by Crippen LogP contribution is -2.53. The highest BCUT2D eigenvalue weighted by molar-refractivity contribution is 6.20. The van der Waals surface area contributed by atoms with Crippen molar-refractivity contribution >= 4 is 46.6 Å². The quantitative estimate of drug-likeness (QED) is 0.327. The van der Waals surface area contributed by atoms with Gasteiger partial charge in [-0.3, -0.25) is 19.2 Å². The van der Waals surface area contributed by atoms with Gasteiger partial charge in [-0.25, -0.2) is 13.9 Å². The summed E-state index contributed by atoms with van der Waals surface area (Å²) in [5.74, 6) is -2.88. The lowest BCUT2D eigenvalue weighted by molar-refractivity contribution is -0.124. The Morgan fingerprint density at radius 1 is 1.24 bits per heavy atom. The van der Waals surface area contributed by atoms with Crippen molar-refractivity contribution in [2.75, 3.05) is 17.8 Å². The molecule has 12 nitrogen and oxygen atoms in total. The molecule has 3 aromatic rings. The highest BCUT2D eigenvalue weighted by Crippen LogP contribution is 2.28. The second-order valence-electron chi connectivity index (χ2n) is 9.52. The van der Waals surface area contributed by atoms with E-state index in [9.17, 15) is 23.6 Å². The summed E-state index contributed by atoms with van der Waals surface area (Å²) in [5, 5.41) is 14.4. The first kappa shape index (κ1) is 26.8. The molecule has 200 valence electrons. The zero-order chi connectivity index (χ0) is 27.6. The summed E-state index contributed by atoms with van der Waals surface area (Å²) in [4.78, 5) is 54.1. The number of nitrogens with zero attached hydrogens (tertiary/aromatic N) is 3. The van der Waals surface area contributed by atoms with Crippen molar-refractivity contribution in [2.24, 2.45) is 0 Å². The number of amides is 4. The molecule has 0 bridgehead atoms. The Morgan fingerprint density at radius 2 is 2.00 bits per heavy atom. The smallest absolute Gasteiger partial charge is 0.270 e. The van der Waals surface area contributed by atoms with Crippen LogP contribution in [0.5, 0.6) is 5.75 Å². The fraction of sp³-hybridized carbons (Fsp3) is 0.333. The first-order valence-corrected chi connectivity index (χ1v) is 12.1. The van der Waals surface area contributed by atoms with Crippen LogP contribution in [0, 0.1) is 5.82 Å². The molecule has 0 aliphatic carbocycles. The molecule has 1 aliphatic rings. The van der Waals surface area contributed by atoms with Crippen molar-refractivity contribution < 1.29 is 28.3 Å². The second kappa shape index (κ2) is 10.6. The molecular formula is C24H25ClFN7O5. The predicted molar refractivity (Wildman–Crippen MR) is 135 cm³/mol. The Bertz CT molecular complexity index is 1440. The maximum Gasteiger partial charge on any atom is 0.270 e. The number of benzene rings is 1. The van der Waals surface area contributed by atoms with Crippen molar-refractivity contribution in [3.63, 3.8) is 0 Å². The Hall–Kier alpha value is -4.26. The molecule has 3 heterocycles. The van der Waals surface area contributed by atoms with Crippen molar-refractivity contribution in [1.29, 1.82) is 0 Å². The fourth-order valence-corrected chi connectivity index (χ4v) is 3.81. The van der Waals surface area contributed by atoms with Gasteiger partial charge in [0.05, 0.1) is 17.8 Å². The van der Waals surface area contributed by atoms with Gasteiger partial charge < -0.3 is 26.0 Å². The number of nitrogens with one attached hydrogen (secondary N) is 4. The molecule has 1 atom stereocenters. The van der Waals surface area contributed by atoms with E-state index in [1.165, 1.54) is 0 Å². The van der Waals surface area contributed by atoms with Gasteiger partial charge in [-0.05, 0) is 38.5 Å². The molecule has 1 aliphatic heterocycles. The molecule has 38 heavy (non-hydrogen) atoms. The number of carbonyl (C=O) groups excluding carboxylic acids is 4. The monoisotopic (exact) mass is 545 g/mol. The van der Waals surface area contributed by atoms with Crippen LogP contribution in [-0.2, 0) is 16.1 Å². The third-order valence-corrected chi connectivity index (χ3v) is 5.61. The number of alkyl halides is 1. The predicted octanol–water partition coefficient (Wildman–Crippen LogP) is 1.38. The van der Waals surface area contributed by atoms with Crippen LogP contribution in [0.1, 0.15) is 47.3 Å². The number of carbonyl (C=O) groups is 4. The molecule has 14 heteroatoms. The fourth-order valence-electron chi connectivity index (χ4n) is 3.59. The number of hydrogen-bond donors (Lipinski definition) is 4. The Morgan fingerprint density at radius 3 is 2.71 bits per heavy atom. The van der Waals surface area contributed by atoms with E-state index in [1.807, 2.05) is 0 Å². The van der Waals surface area contributed by atoms with Gasteiger partial charge >= 0.3 is 0 Å². The van der Waals surface area contributed by atoms with E-state index in [4.69, 9.17) is 16.3 Å². The van der Waals surface area contributed by atoms with Gasteiger partial charge in [0.2, 0.25) is 5.91 Å². The minimum absolute atomic E-state index is 0.0411. The van der Waals surface area contributed by atoms with E-state index in [2.05, 4.69) is 31.3 Å². The molecule has 4 N–H and O–H groups in total. The largest absolute Gasteiger partial charge is 0.482 e. The Balaban J connectivity index is 1.54. The van der Waals surface area contributed by atoms with Gasteiger partial charge in [-0.2, -0.15) is 5.10 Å². The van der Waals surface area contributed by atoms with Crippen molar-refractivity contribution in [3.05, 3.63) is 53.2 Å². The third-order valence-electron chi connectivity index (χ3n) is 5.30. The number of halogens is 2. The first-order chi connectivity index (χ1) is 17.9. The van der Waals surface area contributed by atoms with Crippen LogP contribution in [0.4, 0.5) is 10.1 Å². The maximum atomic E-state index is 14.4. The van der Waals surface area contributed by atoms with E-state index in [-0.39, 0.29) is 42.0 Å². The summed E-state index contributed by atoms with van der Waals surface area (Å²) in [7, 11) is 0. The summed E-state index contributed by atoms with van der Waals surface area (Å²) in [5.41, 5.74) is -0.277. The number of ether oxygens (including phenoxy) is 1. The minimum atomic E-state index is -1.10. The van der Waals surface area contributed by atoms with Crippen LogP contribution >= 0.6 is 11.6 Å². The maximum absolute atomic E-state index is 14.4. The van der Waals surface area contributed by atoms with Crippen molar-refractivity contribution in [3.8, 4) is 5.75 Å². The van der Waals surface area contributed by atoms with Crippen LogP contribution in [-0.4, -0.2) is 62.3 Å². The van der Waals surface area contributed by atoms with Gasteiger partial charge in [-0.15, -0.1) is 11.6 Å². The molecule has 0 saturated heterocycles. The van der Waals surface area contributed by atoms with Crippen LogP contribution in [0.25, 0.3) is 5.65 Å². The Labute approximate surface area is 221 Å². The van der Waals surface area contributed by atoms with Crippen LogP contribution < -0.4 is 26.0 Å². The van der Waals surface area contributed by atoms with E-state index in [1.54, 1.807) is 39.0 Å². The molecule has 0 fully saturated rings. The third kappa shape index (κ3) is 5.99. The Kier molecular flexibility index (Phi) is 7.49. The summed E-state index contributed by atoms with van der Waals surface area (Å²) < 4.78 is 20.6. The molecule has 1 aromatic carbocycles. The lowest BCUT2D eigenvalue weighted by atomic mass is 10.1. The summed E-state index contributed by atoms with van der Waals surface area (Å²) in [6, 6.07) is 5.05. The summed E-state index contributed by atoms with van der Waals surface area (Å²) in [6.45, 7) is 5.28. The molecule has 2 aromatic heterocycles. The highest BCUT2D eigenvalue weighted by atomic mass is 35.5. The van der Waals surface area contributed by atoms with Crippen molar-refractivity contribution in [2.45, 2.75) is 38.9 Å². The first-order valence-electron chi connectivity index (χ1n) is 11.5. The van der Waals surface area contributed by atoms with Crippen LogP contribution in [0.15, 0.2) is 30.5 Å². The minimum Gasteiger partial charge on any atom is -0.482 e. The van der Waals surface area contributed by atoms with E-state index in [0.29, 0.717) is 17.0 Å². The zero-order valence-electron chi connectivity index (χ0n) is 20.7. The molecule has 0 spiro atoms. The topological polar surface area (TPSA) is 156 Å². The second-order valence-corrected chi connectivity index (χ2v) is 9.83. The average molecular weight is 546 g/mol. The average Bonchev–Trinajstić information content (AvgIpc) is 3.24. The van der Waals surface area contributed by atoms with E-state index >= 15 is 0 Å². The number of hydrogen-bond acceptors (Lipinski definition) is 7. The van der Waals surface area contributed by atoms with E-state index < -0.39 is 35.1 Å². The van der Waals surface area contributed by atoms with Gasteiger partial charge in [0.15, 0.2) is 18.1 Å². The number of fused-ring (bicyclic) bond motifs is 2. The summed E-state index contributed by atoms with van der Waals surface area (Å²) >= 11 is 5.91. The summed E-state index contributed by atoms with van der Waals surface area (Å²) in [6.07, 6.45) is 0.857. The van der Waals surface area contributed by atoms with Crippen LogP contribution in [0.3, 0.4) is 0 Å². The zero-order valence-corrected chi connectivity index (χ0v) is 21.5. The normalized spacial score (nSPS) is 13.7. The number of aromatic nitrogens is 3. The standard InChI is InChI=1S/C24H25ClFN7O5/c1-24(2,3)32-22(36)16(8-25)31-23(37)17-7-15(30-20-13(26)10-28-33(17)20)21(35)27-9-12-4-5-18-14(6-12)29-19(34)11-38-18/h4-7,10,16H,8-9,11H2,1-3H3,(H,27,35)(H,29,34)(H,31,37)(H,32,36)/t16-/m0/s1. The molecule has 0 radical (unpaired) electrons. The number of rotatable bonds is 7. The molecule has 4 amide bonds. The molecular weight excluding hydrogens is 521 g/mol.